The molecule has 0 saturated carbocycles. The first kappa shape index (κ1) is 13.3. The smallest absolute Gasteiger partial charge is 0.225 e. The van der Waals surface area contributed by atoms with Crippen molar-refractivity contribution < 1.29 is 0 Å². The molecule has 0 N–H and O–H groups in total. The molecule has 0 amide bonds. The van der Waals surface area contributed by atoms with E-state index < -0.39 is 0 Å². The predicted octanol–water partition coefficient (Wildman–Crippen LogP) is 2.49. The van der Waals surface area contributed by atoms with Crippen LogP contribution in [0.3, 0.4) is 0 Å². The Labute approximate surface area is 114 Å². The molecule has 1 aromatic heterocycles. The standard InChI is InChI=1S/C15H20N4/c1-12-8-9-16-15(17-12)19(4)11-13-6-5-7-14(10-13)18(2)3/h5-10H,11H2,1-4H3. The van der Waals surface area contributed by atoms with Gasteiger partial charge in [-0.15, -0.1) is 0 Å². The summed E-state index contributed by atoms with van der Waals surface area (Å²) in [4.78, 5) is 12.9. The highest BCUT2D eigenvalue weighted by molar-refractivity contribution is 5.48. The molecule has 0 bridgehead atoms. The van der Waals surface area contributed by atoms with E-state index in [4.69, 9.17) is 0 Å². The van der Waals surface area contributed by atoms with Gasteiger partial charge in [-0.2, -0.15) is 0 Å². The Kier molecular flexibility index (Phi) is 4.00. The third kappa shape index (κ3) is 3.44. The summed E-state index contributed by atoms with van der Waals surface area (Å²) in [7, 11) is 6.11. The van der Waals surface area contributed by atoms with Gasteiger partial charge in [-0.25, -0.2) is 9.97 Å². The SMILES string of the molecule is Cc1ccnc(N(C)Cc2cccc(N(C)C)c2)n1. The van der Waals surface area contributed by atoms with Gasteiger partial charge in [0.15, 0.2) is 0 Å². The number of aromatic nitrogens is 2. The molecular weight excluding hydrogens is 236 g/mol. The summed E-state index contributed by atoms with van der Waals surface area (Å²) in [6.45, 7) is 2.77. The van der Waals surface area contributed by atoms with Crippen LogP contribution in [0.15, 0.2) is 36.5 Å². The van der Waals surface area contributed by atoms with Crippen LogP contribution in [0, 0.1) is 6.92 Å². The summed E-state index contributed by atoms with van der Waals surface area (Å²) < 4.78 is 0. The van der Waals surface area contributed by atoms with Crippen LogP contribution in [-0.4, -0.2) is 31.1 Å². The maximum Gasteiger partial charge on any atom is 0.225 e. The van der Waals surface area contributed by atoms with Crippen LogP contribution in [0.2, 0.25) is 0 Å². The van der Waals surface area contributed by atoms with Crippen molar-refractivity contribution in [2.24, 2.45) is 0 Å². The maximum absolute atomic E-state index is 4.43. The van der Waals surface area contributed by atoms with Gasteiger partial charge in [0.25, 0.3) is 0 Å². The van der Waals surface area contributed by atoms with E-state index in [1.54, 1.807) is 6.20 Å². The van der Waals surface area contributed by atoms with E-state index in [1.165, 1.54) is 11.3 Å². The summed E-state index contributed by atoms with van der Waals surface area (Å²) >= 11 is 0. The number of hydrogen-bond donors (Lipinski definition) is 0. The van der Waals surface area contributed by atoms with Gasteiger partial charge in [0, 0.05) is 45.3 Å². The summed E-state index contributed by atoms with van der Waals surface area (Å²) in [5, 5.41) is 0. The number of benzene rings is 1. The van der Waals surface area contributed by atoms with Crippen molar-refractivity contribution in [3.8, 4) is 0 Å². The fraction of sp³-hybridized carbons (Fsp3) is 0.333. The van der Waals surface area contributed by atoms with E-state index in [0.29, 0.717) is 0 Å². The minimum absolute atomic E-state index is 0.759. The first-order chi connectivity index (χ1) is 9.06. The second kappa shape index (κ2) is 5.69. The monoisotopic (exact) mass is 256 g/mol. The Bertz CT molecular complexity index is 551. The second-order valence-electron chi connectivity index (χ2n) is 4.92. The normalized spacial score (nSPS) is 10.3. The topological polar surface area (TPSA) is 32.3 Å². The summed E-state index contributed by atoms with van der Waals surface area (Å²) in [5.41, 5.74) is 3.44. The third-order valence-electron chi connectivity index (χ3n) is 2.97. The minimum Gasteiger partial charge on any atom is -0.378 e. The zero-order valence-electron chi connectivity index (χ0n) is 12.0. The third-order valence-corrected chi connectivity index (χ3v) is 2.97. The average Bonchev–Trinajstić information content (AvgIpc) is 2.39. The quantitative estimate of drug-likeness (QED) is 0.841. The molecule has 4 heteroatoms. The number of hydrogen-bond acceptors (Lipinski definition) is 4. The average molecular weight is 256 g/mol. The first-order valence-electron chi connectivity index (χ1n) is 6.33. The van der Waals surface area contributed by atoms with Crippen molar-refractivity contribution >= 4 is 11.6 Å². The van der Waals surface area contributed by atoms with Crippen LogP contribution in [0.5, 0.6) is 0 Å². The van der Waals surface area contributed by atoms with Gasteiger partial charge in [-0.3, -0.25) is 0 Å². The van der Waals surface area contributed by atoms with E-state index in [-0.39, 0.29) is 0 Å². The molecule has 100 valence electrons. The van der Waals surface area contributed by atoms with Crippen LogP contribution in [0.4, 0.5) is 11.6 Å². The van der Waals surface area contributed by atoms with Crippen molar-refractivity contribution in [1.82, 2.24) is 9.97 Å². The highest BCUT2D eigenvalue weighted by atomic mass is 15.2. The lowest BCUT2D eigenvalue weighted by Crippen LogP contribution is -2.19. The number of rotatable bonds is 4. The molecule has 0 aliphatic carbocycles. The molecule has 1 aromatic carbocycles. The molecule has 0 aliphatic rings. The molecule has 2 rings (SSSR count). The summed E-state index contributed by atoms with van der Waals surface area (Å²) in [6.07, 6.45) is 1.80. The van der Waals surface area contributed by atoms with Gasteiger partial charge >= 0.3 is 0 Å². The molecule has 0 unspecified atom stereocenters. The Morgan fingerprint density at radius 1 is 1.11 bits per heavy atom. The largest absolute Gasteiger partial charge is 0.378 e. The Balaban J connectivity index is 2.14. The lowest BCUT2D eigenvalue weighted by atomic mass is 10.2. The second-order valence-corrected chi connectivity index (χ2v) is 4.92. The van der Waals surface area contributed by atoms with Crippen LogP contribution in [0.25, 0.3) is 0 Å². The van der Waals surface area contributed by atoms with Gasteiger partial charge in [0.2, 0.25) is 5.95 Å². The van der Waals surface area contributed by atoms with Crippen molar-refractivity contribution in [1.29, 1.82) is 0 Å². The van der Waals surface area contributed by atoms with E-state index in [1.807, 2.05) is 34.1 Å². The Hall–Kier alpha value is -2.10. The molecule has 0 atom stereocenters. The highest BCUT2D eigenvalue weighted by Gasteiger charge is 2.06. The number of aryl methyl sites for hydroxylation is 1. The number of nitrogens with zero attached hydrogens (tertiary/aromatic N) is 4. The van der Waals surface area contributed by atoms with E-state index in [2.05, 4.69) is 44.0 Å². The zero-order valence-corrected chi connectivity index (χ0v) is 12.0. The van der Waals surface area contributed by atoms with Crippen LogP contribution in [0.1, 0.15) is 11.3 Å². The van der Waals surface area contributed by atoms with Crippen LogP contribution in [-0.2, 0) is 6.54 Å². The van der Waals surface area contributed by atoms with Crippen molar-refractivity contribution in [2.45, 2.75) is 13.5 Å². The lowest BCUT2D eigenvalue weighted by Gasteiger charge is -2.19. The van der Waals surface area contributed by atoms with E-state index in [9.17, 15) is 0 Å². The Morgan fingerprint density at radius 3 is 2.58 bits per heavy atom. The molecule has 0 saturated heterocycles. The maximum atomic E-state index is 4.43. The Morgan fingerprint density at radius 2 is 1.89 bits per heavy atom. The molecule has 0 spiro atoms. The molecule has 0 radical (unpaired) electrons. The zero-order chi connectivity index (χ0) is 13.8. The van der Waals surface area contributed by atoms with E-state index >= 15 is 0 Å². The molecule has 1 heterocycles. The van der Waals surface area contributed by atoms with Crippen molar-refractivity contribution in [3.05, 3.63) is 47.8 Å². The molecule has 0 aliphatic heterocycles. The van der Waals surface area contributed by atoms with Crippen molar-refractivity contribution in [3.63, 3.8) is 0 Å². The fourth-order valence-corrected chi connectivity index (χ4v) is 1.90. The van der Waals surface area contributed by atoms with Gasteiger partial charge in [-0.05, 0) is 30.7 Å². The molecular formula is C15H20N4. The summed E-state index contributed by atoms with van der Waals surface area (Å²) in [6, 6.07) is 10.4. The number of anilines is 2. The minimum atomic E-state index is 0.759. The van der Waals surface area contributed by atoms with Crippen molar-refractivity contribution in [2.75, 3.05) is 30.9 Å². The molecule has 19 heavy (non-hydrogen) atoms. The van der Waals surface area contributed by atoms with E-state index in [0.717, 1.165) is 18.2 Å². The van der Waals surface area contributed by atoms with Crippen LogP contribution < -0.4 is 9.80 Å². The van der Waals surface area contributed by atoms with Gasteiger partial charge in [0.1, 0.15) is 0 Å². The first-order valence-corrected chi connectivity index (χ1v) is 6.33. The molecule has 0 fully saturated rings. The fourth-order valence-electron chi connectivity index (χ4n) is 1.90. The lowest BCUT2D eigenvalue weighted by molar-refractivity contribution is 0.859. The highest BCUT2D eigenvalue weighted by Crippen LogP contribution is 2.16. The van der Waals surface area contributed by atoms with Gasteiger partial charge in [0.05, 0.1) is 0 Å². The van der Waals surface area contributed by atoms with Gasteiger partial charge < -0.3 is 9.80 Å². The molecule has 2 aromatic rings. The predicted molar refractivity (Wildman–Crippen MR) is 79.6 cm³/mol. The van der Waals surface area contributed by atoms with Gasteiger partial charge in [-0.1, -0.05) is 12.1 Å². The summed E-state index contributed by atoms with van der Waals surface area (Å²) in [5.74, 6) is 0.759. The van der Waals surface area contributed by atoms with Crippen LogP contribution >= 0.6 is 0 Å². The molecule has 4 nitrogen and oxygen atoms in total.